The molecular formula is C20H22ClFN4O. The summed E-state index contributed by atoms with van der Waals surface area (Å²) in [5.41, 5.74) is 8.27. The molecule has 1 amide bonds. The summed E-state index contributed by atoms with van der Waals surface area (Å²) in [6, 6.07) is 8.41. The van der Waals surface area contributed by atoms with Crippen LogP contribution in [0.1, 0.15) is 41.1 Å². The van der Waals surface area contributed by atoms with Crippen molar-refractivity contribution in [3.63, 3.8) is 0 Å². The van der Waals surface area contributed by atoms with E-state index in [0.717, 1.165) is 25.8 Å². The number of benzene rings is 1. The molecular weight excluding hydrogens is 367 g/mol. The van der Waals surface area contributed by atoms with Gasteiger partial charge in [0, 0.05) is 49.0 Å². The number of rotatable bonds is 3. The van der Waals surface area contributed by atoms with Gasteiger partial charge in [0.2, 0.25) is 0 Å². The normalized spacial score (nSPS) is 25.6. The number of amides is 1. The molecule has 0 spiro atoms. The minimum Gasteiger partial charge on any atom is -0.334 e. The van der Waals surface area contributed by atoms with Gasteiger partial charge in [-0.15, -0.1) is 0 Å². The molecule has 3 unspecified atom stereocenters. The monoisotopic (exact) mass is 388 g/mol. The Morgan fingerprint density at radius 3 is 2.81 bits per heavy atom. The predicted octanol–water partition coefficient (Wildman–Crippen LogP) is 3.13. The summed E-state index contributed by atoms with van der Waals surface area (Å²) < 4.78 is 13.5. The Balaban J connectivity index is 1.60. The second kappa shape index (κ2) is 7.92. The van der Waals surface area contributed by atoms with E-state index in [9.17, 15) is 9.18 Å². The van der Waals surface area contributed by atoms with Crippen molar-refractivity contribution in [3.05, 3.63) is 64.7 Å². The van der Waals surface area contributed by atoms with Gasteiger partial charge in [0.15, 0.2) is 0 Å². The van der Waals surface area contributed by atoms with Crippen LogP contribution < -0.4 is 10.9 Å². The van der Waals surface area contributed by atoms with E-state index in [1.54, 1.807) is 12.4 Å². The first-order chi connectivity index (χ1) is 13.1. The van der Waals surface area contributed by atoms with Gasteiger partial charge in [-0.3, -0.25) is 20.6 Å². The van der Waals surface area contributed by atoms with Crippen molar-refractivity contribution in [1.82, 2.24) is 20.7 Å². The highest BCUT2D eigenvalue weighted by atomic mass is 35.5. The lowest BCUT2D eigenvalue weighted by Gasteiger charge is -2.41. The third-order valence-corrected chi connectivity index (χ3v) is 5.84. The topological polar surface area (TPSA) is 57.3 Å². The summed E-state index contributed by atoms with van der Waals surface area (Å²) in [5, 5.41) is -0.0234. The van der Waals surface area contributed by atoms with E-state index < -0.39 is 5.82 Å². The summed E-state index contributed by atoms with van der Waals surface area (Å²) in [5.74, 6) is -0.352. The maximum absolute atomic E-state index is 13.5. The first kappa shape index (κ1) is 18.3. The molecule has 2 saturated heterocycles. The molecule has 0 saturated carbocycles. The molecule has 7 heteroatoms. The van der Waals surface area contributed by atoms with Gasteiger partial charge in [0.05, 0.1) is 5.02 Å². The lowest BCUT2D eigenvalue weighted by molar-refractivity contribution is 0.0550. The molecule has 2 N–H and O–H groups in total. The Morgan fingerprint density at radius 2 is 2.04 bits per heavy atom. The van der Waals surface area contributed by atoms with Crippen molar-refractivity contribution >= 4 is 17.5 Å². The Kier molecular flexibility index (Phi) is 5.38. The maximum Gasteiger partial charge on any atom is 0.254 e. The van der Waals surface area contributed by atoms with Gasteiger partial charge in [0.1, 0.15) is 5.82 Å². The molecule has 142 valence electrons. The average Bonchev–Trinajstić information content (AvgIpc) is 3.20. The number of halogens is 2. The van der Waals surface area contributed by atoms with Crippen LogP contribution in [0, 0.1) is 5.82 Å². The molecule has 5 nitrogen and oxygen atoms in total. The summed E-state index contributed by atoms with van der Waals surface area (Å²) >= 11 is 5.89. The van der Waals surface area contributed by atoms with Gasteiger partial charge >= 0.3 is 0 Å². The Bertz CT molecular complexity index is 819. The number of piperidine rings is 1. The fourth-order valence-corrected chi connectivity index (χ4v) is 4.37. The van der Waals surface area contributed by atoms with Crippen LogP contribution in [0.3, 0.4) is 0 Å². The highest BCUT2D eigenvalue weighted by Gasteiger charge is 2.40. The van der Waals surface area contributed by atoms with Crippen molar-refractivity contribution in [1.29, 1.82) is 0 Å². The lowest BCUT2D eigenvalue weighted by atomic mass is 9.84. The third-order valence-electron chi connectivity index (χ3n) is 5.55. The number of carbonyl (C=O) groups excluding carboxylic acids is 1. The molecule has 1 aromatic carbocycles. The van der Waals surface area contributed by atoms with E-state index in [1.165, 1.54) is 23.8 Å². The number of hydrazine groups is 1. The molecule has 4 rings (SSSR count). The standard InChI is InChI=1S/C20H22ClFN4O/c21-16-11-14(4-5-17(16)22)20(27)26-10-2-1-3-18(26)19-15(12-24-25-19)13-6-8-23-9-7-13/h4-9,11,15,18-19,24-25H,1-3,10,12H2. The largest absolute Gasteiger partial charge is 0.334 e. The van der Waals surface area contributed by atoms with E-state index in [1.807, 2.05) is 17.0 Å². The van der Waals surface area contributed by atoms with Crippen LogP contribution in [0.15, 0.2) is 42.7 Å². The fraction of sp³-hybridized carbons (Fsp3) is 0.400. The fourth-order valence-electron chi connectivity index (χ4n) is 4.19. The highest BCUT2D eigenvalue weighted by molar-refractivity contribution is 6.31. The van der Waals surface area contributed by atoms with Gasteiger partial charge in [-0.1, -0.05) is 11.6 Å². The van der Waals surface area contributed by atoms with Crippen LogP contribution in [0.5, 0.6) is 0 Å². The molecule has 1 aromatic heterocycles. The summed E-state index contributed by atoms with van der Waals surface area (Å²) in [4.78, 5) is 19.2. The van der Waals surface area contributed by atoms with E-state index in [0.29, 0.717) is 12.1 Å². The highest BCUT2D eigenvalue weighted by Crippen LogP contribution is 2.31. The Hall–Kier alpha value is -2.02. The number of nitrogens with zero attached hydrogens (tertiary/aromatic N) is 2. The smallest absolute Gasteiger partial charge is 0.254 e. The van der Waals surface area contributed by atoms with Crippen LogP contribution in [0.2, 0.25) is 5.02 Å². The van der Waals surface area contributed by atoms with Gasteiger partial charge in [-0.05, 0) is 55.2 Å². The van der Waals surface area contributed by atoms with Crippen LogP contribution in [0.25, 0.3) is 0 Å². The molecule has 2 aromatic rings. The van der Waals surface area contributed by atoms with E-state index in [2.05, 4.69) is 15.8 Å². The second-order valence-electron chi connectivity index (χ2n) is 7.13. The van der Waals surface area contributed by atoms with Gasteiger partial charge in [0.25, 0.3) is 5.91 Å². The number of nitrogens with one attached hydrogen (secondary N) is 2. The molecule has 2 aliphatic rings. The van der Waals surface area contributed by atoms with E-state index >= 15 is 0 Å². The number of hydrogen-bond acceptors (Lipinski definition) is 4. The zero-order valence-corrected chi connectivity index (χ0v) is 15.6. The summed E-state index contributed by atoms with van der Waals surface area (Å²) in [6.07, 6.45) is 6.59. The second-order valence-corrected chi connectivity index (χ2v) is 7.54. The summed E-state index contributed by atoms with van der Waals surface area (Å²) in [6.45, 7) is 1.50. The van der Waals surface area contributed by atoms with Crippen LogP contribution in [-0.2, 0) is 0 Å². The minimum atomic E-state index is -0.511. The molecule has 3 heterocycles. The quantitative estimate of drug-likeness (QED) is 0.848. The molecule has 0 aliphatic carbocycles. The average molecular weight is 389 g/mol. The molecule has 0 bridgehead atoms. The van der Waals surface area contributed by atoms with Gasteiger partial charge in [-0.2, -0.15) is 0 Å². The van der Waals surface area contributed by atoms with Crippen molar-refractivity contribution in [2.75, 3.05) is 13.1 Å². The molecule has 2 aliphatic heterocycles. The van der Waals surface area contributed by atoms with E-state index in [-0.39, 0.29) is 28.9 Å². The molecule has 3 atom stereocenters. The number of carbonyl (C=O) groups is 1. The molecule has 0 radical (unpaired) electrons. The number of aromatic nitrogens is 1. The zero-order valence-electron chi connectivity index (χ0n) is 14.9. The van der Waals surface area contributed by atoms with Crippen LogP contribution in [0.4, 0.5) is 4.39 Å². The molecule has 2 fully saturated rings. The van der Waals surface area contributed by atoms with Crippen molar-refractivity contribution in [2.24, 2.45) is 0 Å². The van der Waals surface area contributed by atoms with Gasteiger partial charge in [-0.25, -0.2) is 4.39 Å². The Morgan fingerprint density at radius 1 is 1.22 bits per heavy atom. The van der Waals surface area contributed by atoms with Crippen LogP contribution >= 0.6 is 11.6 Å². The number of hydrogen-bond donors (Lipinski definition) is 2. The number of likely N-dealkylation sites (tertiary alicyclic amines) is 1. The van der Waals surface area contributed by atoms with Crippen molar-refractivity contribution in [2.45, 2.75) is 37.3 Å². The minimum absolute atomic E-state index is 0.0234. The molecule has 27 heavy (non-hydrogen) atoms. The first-order valence-electron chi connectivity index (χ1n) is 9.29. The van der Waals surface area contributed by atoms with Crippen molar-refractivity contribution in [3.8, 4) is 0 Å². The third kappa shape index (κ3) is 3.70. The number of pyridine rings is 1. The maximum atomic E-state index is 13.5. The first-order valence-corrected chi connectivity index (χ1v) is 9.67. The van der Waals surface area contributed by atoms with Crippen molar-refractivity contribution < 1.29 is 9.18 Å². The van der Waals surface area contributed by atoms with E-state index in [4.69, 9.17) is 11.6 Å². The zero-order chi connectivity index (χ0) is 18.8. The van der Waals surface area contributed by atoms with Crippen LogP contribution in [-0.4, -0.2) is 41.0 Å². The SMILES string of the molecule is O=C(c1ccc(F)c(Cl)c1)N1CCCCC1C1NNCC1c1ccncc1. The lowest BCUT2D eigenvalue weighted by Crippen LogP contribution is -2.55. The van der Waals surface area contributed by atoms with Gasteiger partial charge < -0.3 is 4.90 Å². The summed E-state index contributed by atoms with van der Waals surface area (Å²) in [7, 11) is 0. The Labute approximate surface area is 162 Å². The predicted molar refractivity (Wildman–Crippen MR) is 102 cm³/mol.